The lowest BCUT2D eigenvalue weighted by atomic mass is 10.3. The van der Waals surface area contributed by atoms with Gasteiger partial charge in [0.15, 0.2) is 0 Å². The van der Waals surface area contributed by atoms with Gasteiger partial charge in [-0.05, 0) is 36.4 Å². The fourth-order valence-electron chi connectivity index (χ4n) is 2.06. The van der Waals surface area contributed by atoms with Gasteiger partial charge in [0.1, 0.15) is 11.6 Å². The van der Waals surface area contributed by atoms with Crippen molar-refractivity contribution in [3.63, 3.8) is 0 Å². The molecule has 100 valence electrons. The number of aromatic amines is 1. The summed E-state index contributed by atoms with van der Waals surface area (Å²) in [5.41, 5.74) is 8.87. The fourth-order valence-corrected chi connectivity index (χ4v) is 2.06. The molecule has 3 N–H and O–H groups in total. The van der Waals surface area contributed by atoms with Crippen molar-refractivity contribution >= 4 is 29.0 Å². The van der Waals surface area contributed by atoms with Crippen molar-refractivity contribution in [3.8, 4) is 0 Å². The van der Waals surface area contributed by atoms with E-state index in [1.807, 2.05) is 72.3 Å². The number of hydrogen-bond donors (Lipinski definition) is 2. The van der Waals surface area contributed by atoms with Gasteiger partial charge in [-0.15, -0.1) is 0 Å². The largest absolute Gasteiger partial charge is 0.385 e. The Balaban J connectivity index is 1.75. The third kappa shape index (κ3) is 2.36. The summed E-state index contributed by atoms with van der Waals surface area (Å²) in [4.78, 5) is 7.73. The van der Waals surface area contributed by atoms with Crippen molar-refractivity contribution in [2.45, 2.75) is 0 Å². The summed E-state index contributed by atoms with van der Waals surface area (Å²) in [6.07, 6.45) is 7.89. The monoisotopic (exact) mass is 264 g/mol. The number of hydrogen-bond acceptors (Lipinski definition) is 2. The molecule has 0 spiro atoms. The Morgan fingerprint density at radius 3 is 2.65 bits per heavy atom. The SMILES string of the molecule is Cn1c(N)ccc1/C=C/C=C/c1nc2ccccc2[nH]1. The number of imidazole rings is 1. The maximum absolute atomic E-state index is 5.78. The summed E-state index contributed by atoms with van der Waals surface area (Å²) in [5.74, 6) is 1.60. The number of nitrogens with two attached hydrogens (primary N) is 1. The maximum Gasteiger partial charge on any atom is 0.131 e. The number of rotatable bonds is 3. The van der Waals surface area contributed by atoms with Crippen LogP contribution in [0.25, 0.3) is 23.2 Å². The summed E-state index contributed by atoms with van der Waals surface area (Å²) < 4.78 is 1.94. The van der Waals surface area contributed by atoms with Gasteiger partial charge < -0.3 is 15.3 Å². The molecule has 3 aromatic rings. The van der Waals surface area contributed by atoms with Crippen LogP contribution in [-0.2, 0) is 7.05 Å². The van der Waals surface area contributed by atoms with Crippen molar-refractivity contribution in [3.05, 3.63) is 60.1 Å². The molecule has 1 aromatic carbocycles. The van der Waals surface area contributed by atoms with E-state index in [4.69, 9.17) is 5.73 Å². The second kappa shape index (κ2) is 5.09. The molecule has 0 saturated carbocycles. The number of aromatic nitrogens is 3. The molecule has 0 bridgehead atoms. The number of nitrogen functional groups attached to an aromatic ring is 1. The molecule has 4 nitrogen and oxygen atoms in total. The van der Waals surface area contributed by atoms with Gasteiger partial charge >= 0.3 is 0 Å². The Bertz CT molecular complexity index is 757. The van der Waals surface area contributed by atoms with Crippen LogP contribution in [0.1, 0.15) is 11.5 Å². The van der Waals surface area contributed by atoms with Gasteiger partial charge in [-0.1, -0.05) is 24.3 Å². The topological polar surface area (TPSA) is 59.6 Å². The molecule has 0 aliphatic carbocycles. The van der Waals surface area contributed by atoms with Gasteiger partial charge in [0, 0.05) is 12.7 Å². The number of para-hydroxylation sites is 2. The second-order valence-corrected chi connectivity index (χ2v) is 4.60. The average molecular weight is 264 g/mol. The van der Waals surface area contributed by atoms with Gasteiger partial charge in [0.05, 0.1) is 11.0 Å². The molecule has 2 aromatic heterocycles. The second-order valence-electron chi connectivity index (χ2n) is 4.60. The molecule has 0 radical (unpaired) electrons. The summed E-state index contributed by atoms with van der Waals surface area (Å²) in [6.45, 7) is 0. The third-order valence-corrected chi connectivity index (χ3v) is 3.24. The predicted molar refractivity (Wildman–Crippen MR) is 84.0 cm³/mol. The van der Waals surface area contributed by atoms with E-state index in [0.29, 0.717) is 0 Å². The van der Waals surface area contributed by atoms with Gasteiger partial charge in [0.2, 0.25) is 0 Å². The van der Waals surface area contributed by atoms with Crippen molar-refractivity contribution in [1.29, 1.82) is 0 Å². The molecule has 4 heteroatoms. The lowest BCUT2D eigenvalue weighted by molar-refractivity contribution is 0.928. The van der Waals surface area contributed by atoms with Crippen LogP contribution < -0.4 is 5.73 Å². The Labute approximate surface area is 117 Å². The van der Waals surface area contributed by atoms with Gasteiger partial charge in [-0.25, -0.2) is 4.98 Å². The Hall–Kier alpha value is -2.75. The zero-order chi connectivity index (χ0) is 13.9. The average Bonchev–Trinajstić information content (AvgIpc) is 3.00. The molecule has 2 heterocycles. The Morgan fingerprint density at radius 2 is 1.90 bits per heavy atom. The first-order chi connectivity index (χ1) is 9.74. The molecule has 20 heavy (non-hydrogen) atoms. The van der Waals surface area contributed by atoms with E-state index in [2.05, 4.69) is 9.97 Å². The van der Waals surface area contributed by atoms with Gasteiger partial charge in [0.25, 0.3) is 0 Å². The molecule has 0 saturated heterocycles. The molecular formula is C16H16N4. The highest BCUT2D eigenvalue weighted by Gasteiger charge is 1.97. The van der Waals surface area contributed by atoms with E-state index in [1.54, 1.807) is 0 Å². The van der Waals surface area contributed by atoms with Crippen LogP contribution in [0.2, 0.25) is 0 Å². The fraction of sp³-hybridized carbons (Fsp3) is 0.0625. The van der Waals surface area contributed by atoms with E-state index >= 15 is 0 Å². The lowest BCUT2D eigenvalue weighted by Gasteiger charge is -1.98. The molecule has 0 unspecified atom stereocenters. The van der Waals surface area contributed by atoms with Gasteiger partial charge in [-0.3, -0.25) is 0 Å². The number of benzene rings is 1. The Morgan fingerprint density at radius 1 is 1.10 bits per heavy atom. The van der Waals surface area contributed by atoms with Gasteiger partial charge in [-0.2, -0.15) is 0 Å². The quantitative estimate of drug-likeness (QED) is 0.714. The summed E-state index contributed by atoms with van der Waals surface area (Å²) in [7, 11) is 1.94. The summed E-state index contributed by atoms with van der Waals surface area (Å²) >= 11 is 0. The Kier molecular flexibility index (Phi) is 3.13. The van der Waals surface area contributed by atoms with Crippen LogP contribution in [0.15, 0.2) is 48.6 Å². The molecule has 0 atom stereocenters. The highest BCUT2D eigenvalue weighted by atomic mass is 15.0. The van der Waals surface area contributed by atoms with Crippen LogP contribution in [-0.4, -0.2) is 14.5 Å². The van der Waals surface area contributed by atoms with Crippen molar-refractivity contribution < 1.29 is 0 Å². The molecule has 0 fully saturated rings. The minimum atomic E-state index is 0.755. The normalized spacial score (nSPS) is 12.1. The summed E-state index contributed by atoms with van der Waals surface area (Å²) in [6, 6.07) is 11.9. The van der Waals surface area contributed by atoms with Crippen molar-refractivity contribution in [1.82, 2.24) is 14.5 Å². The van der Waals surface area contributed by atoms with Crippen LogP contribution in [0, 0.1) is 0 Å². The number of nitrogens with one attached hydrogen (secondary N) is 1. The number of anilines is 1. The van der Waals surface area contributed by atoms with Crippen LogP contribution in [0.4, 0.5) is 5.82 Å². The number of H-pyrrole nitrogens is 1. The van der Waals surface area contributed by atoms with E-state index in [9.17, 15) is 0 Å². The molecule has 0 aliphatic rings. The first kappa shape index (κ1) is 12.3. The highest BCUT2D eigenvalue weighted by Crippen LogP contribution is 2.12. The first-order valence-corrected chi connectivity index (χ1v) is 6.45. The first-order valence-electron chi connectivity index (χ1n) is 6.45. The minimum absolute atomic E-state index is 0.755. The van der Waals surface area contributed by atoms with E-state index < -0.39 is 0 Å². The zero-order valence-electron chi connectivity index (χ0n) is 11.2. The lowest BCUT2D eigenvalue weighted by Crippen LogP contribution is -1.96. The number of allylic oxidation sites excluding steroid dienone is 2. The zero-order valence-corrected chi connectivity index (χ0v) is 11.2. The van der Waals surface area contributed by atoms with E-state index in [0.717, 1.165) is 28.4 Å². The predicted octanol–water partition coefficient (Wildman–Crippen LogP) is 3.21. The van der Waals surface area contributed by atoms with Crippen LogP contribution in [0.3, 0.4) is 0 Å². The van der Waals surface area contributed by atoms with E-state index in [1.165, 1.54) is 0 Å². The summed E-state index contributed by atoms with van der Waals surface area (Å²) in [5, 5.41) is 0. The molecule has 0 aliphatic heterocycles. The van der Waals surface area contributed by atoms with Crippen LogP contribution >= 0.6 is 0 Å². The van der Waals surface area contributed by atoms with Crippen molar-refractivity contribution in [2.75, 3.05) is 5.73 Å². The van der Waals surface area contributed by atoms with Crippen LogP contribution in [0.5, 0.6) is 0 Å². The molecule has 3 rings (SSSR count). The number of fused-ring (bicyclic) bond motifs is 1. The highest BCUT2D eigenvalue weighted by molar-refractivity contribution is 5.76. The van der Waals surface area contributed by atoms with E-state index in [-0.39, 0.29) is 0 Å². The smallest absolute Gasteiger partial charge is 0.131 e. The standard InChI is InChI=1S/C16H16N4/c1-20-12(10-11-15(20)17)6-2-5-9-16-18-13-7-3-4-8-14(13)19-16/h2-11H,17H2,1H3,(H,18,19)/b6-2+,9-5+. The van der Waals surface area contributed by atoms with Crippen molar-refractivity contribution in [2.24, 2.45) is 7.05 Å². The molecular weight excluding hydrogens is 248 g/mol. The number of nitrogens with zero attached hydrogens (tertiary/aromatic N) is 2. The molecule has 0 amide bonds. The third-order valence-electron chi connectivity index (χ3n) is 3.24. The maximum atomic E-state index is 5.78. The minimum Gasteiger partial charge on any atom is -0.385 e.